The van der Waals surface area contributed by atoms with Gasteiger partial charge in [0, 0.05) is 24.4 Å². The van der Waals surface area contributed by atoms with Crippen LogP contribution in [-0.4, -0.2) is 32.4 Å². The Hall–Kier alpha value is -4.20. The zero-order valence-corrected chi connectivity index (χ0v) is 16.6. The Balaban J connectivity index is 1.70. The maximum absolute atomic E-state index is 13.4. The van der Waals surface area contributed by atoms with Gasteiger partial charge >= 0.3 is 0 Å². The van der Waals surface area contributed by atoms with E-state index in [1.807, 2.05) is 0 Å². The smallest absolute Gasteiger partial charge is 0.267 e. The number of amides is 2. The Morgan fingerprint density at radius 2 is 1.65 bits per heavy atom. The first-order valence-electron chi connectivity index (χ1n) is 9.48. The lowest BCUT2D eigenvalue weighted by molar-refractivity contribution is 0.0925. The van der Waals surface area contributed by atoms with Crippen LogP contribution < -0.4 is 4.90 Å². The highest BCUT2D eigenvalue weighted by Crippen LogP contribution is 2.37. The summed E-state index contributed by atoms with van der Waals surface area (Å²) in [5.74, 6) is -1.50. The quantitative estimate of drug-likeness (QED) is 0.376. The SMILES string of the molecule is CC(=O)c1ccc(N2C(=O)c3cnc4c(c(-c5ccc(F)cc5)nn4C)c3C2=O)cc1. The van der Waals surface area contributed by atoms with Gasteiger partial charge in [-0.25, -0.2) is 19.0 Å². The predicted octanol–water partition coefficient (Wildman–Crippen LogP) is 3.78. The molecule has 0 spiro atoms. The first-order chi connectivity index (χ1) is 14.9. The van der Waals surface area contributed by atoms with Crippen molar-refractivity contribution in [3.63, 3.8) is 0 Å². The van der Waals surface area contributed by atoms with Gasteiger partial charge in [0.1, 0.15) is 11.5 Å². The average Bonchev–Trinajstić information content (AvgIpc) is 3.23. The Bertz CT molecular complexity index is 1410. The van der Waals surface area contributed by atoms with Gasteiger partial charge < -0.3 is 0 Å². The number of fused-ring (bicyclic) bond motifs is 3. The van der Waals surface area contributed by atoms with Crippen molar-refractivity contribution < 1.29 is 18.8 Å². The summed E-state index contributed by atoms with van der Waals surface area (Å²) in [7, 11) is 1.69. The lowest BCUT2D eigenvalue weighted by Crippen LogP contribution is -2.29. The number of rotatable bonds is 3. The predicted molar refractivity (Wildman–Crippen MR) is 111 cm³/mol. The molecule has 3 heterocycles. The molecule has 5 rings (SSSR count). The minimum Gasteiger partial charge on any atom is -0.295 e. The third-order valence-electron chi connectivity index (χ3n) is 5.35. The molecular formula is C23H15FN4O3. The average molecular weight is 414 g/mol. The molecule has 0 bridgehead atoms. The minimum absolute atomic E-state index is 0.112. The fourth-order valence-electron chi connectivity index (χ4n) is 3.82. The number of imide groups is 1. The van der Waals surface area contributed by atoms with Crippen molar-refractivity contribution in [2.24, 2.45) is 7.05 Å². The molecule has 4 aromatic rings. The Morgan fingerprint density at radius 1 is 0.968 bits per heavy atom. The van der Waals surface area contributed by atoms with Gasteiger partial charge in [0.15, 0.2) is 11.4 Å². The molecule has 0 aliphatic carbocycles. The number of Topliss-reactive ketones (excluding diaryl/α,β-unsaturated/α-hetero) is 1. The van der Waals surface area contributed by atoms with Crippen molar-refractivity contribution in [1.29, 1.82) is 0 Å². The molecule has 0 fully saturated rings. The molecule has 0 saturated heterocycles. The summed E-state index contributed by atoms with van der Waals surface area (Å²) < 4.78 is 14.9. The molecule has 2 aromatic carbocycles. The second-order valence-corrected chi connectivity index (χ2v) is 7.27. The molecule has 7 nitrogen and oxygen atoms in total. The maximum atomic E-state index is 13.4. The number of carbonyl (C=O) groups is 3. The molecule has 1 aliphatic heterocycles. The molecule has 2 aromatic heterocycles. The lowest BCUT2D eigenvalue weighted by atomic mass is 10.0. The monoisotopic (exact) mass is 414 g/mol. The highest BCUT2D eigenvalue weighted by atomic mass is 19.1. The van der Waals surface area contributed by atoms with Gasteiger partial charge in [0.25, 0.3) is 11.8 Å². The molecule has 0 atom stereocenters. The summed E-state index contributed by atoms with van der Waals surface area (Å²) in [4.78, 5) is 43.4. The van der Waals surface area contributed by atoms with Gasteiger partial charge in [-0.05, 0) is 55.5 Å². The van der Waals surface area contributed by atoms with Crippen LogP contribution in [0.5, 0.6) is 0 Å². The zero-order valence-electron chi connectivity index (χ0n) is 16.6. The van der Waals surface area contributed by atoms with Crippen LogP contribution in [0.2, 0.25) is 0 Å². The normalized spacial score (nSPS) is 13.2. The molecule has 31 heavy (non-hydrogen) atoms. The molecule has 0 radical (unpaired) electrons. The van der Waals surface area contributed by atoms with Crippen LogP contribution in [0.3, 0.4) is 0 Å². The third kappa shape index (κ3) is 2.76. The van der Waals surface area contributed by atoms with Crippen LogP contribution in [-0.2, 0) is 7.05 Å². The number of hydrogen-bond donors (Lipinski definition) is 0. The minimum atomic E-state index is -0.501. The number of ketones is 1. The van der Waals surface area contributed by atoms with Crippen LogP contribution in [0.25, 0.3) is 22.3 Å². The van der Waals surface area contributed by atoms with E-state index in [0.29, 0.717) is 33.5 Å². The molecule has 2 amide bonds. The summed E-state index contributed by atoms with van der Waals surface area (Å²) >= 11 is 0. The second-order valence-electron chi connectivity index (χ2n) is 7.27. The number of aromatic nitrogens is 3. The molecule has 0 N–H and O–H groups in total. The van der Waals surface area contributed by atoms with E-state index >= 15 is 0 Å². The standard InChI is InChI=1S/C23H15FN4O3/c1-12(29)13-5-9-16(10-6-13)28-22(30)17-11-25-21-19(18(17)23(28)31)20(26-27(21)2)14-3-7-15(24)8-4-14/h3-11H,1-2H3. The topological polar surface area (TPSA) is 85.2 Å². The van der Waals surface area contributed by atoms with E-state index in [2.05, 4.69) is 10.1 Å². The Labute approximate surface area is 175 Å². The fourth-order valence-corrected chi connectivity index (χ4v) is 3.82. The highest BCUT2D eigenvalue weighted by Gasteiger charge is 2.40. The Kier molecular flexibility index (Phi) is 4.04. The van der Waals surface area contributed by atoms with Crippen molar-refractivity contribution in [3.05, 3.63) is 77.2 Å². The van der Waals surface area contributed by atoms with Gasteiger partial charge in [-0.3, -0.25) is 14.4 Å². The van der Waals surface area contributed by atoms with Gasteiger partial charge in [0.2, 0.25) is 0 Å². The number of carbonyl (C=O) groups excluding carboxylic acids is 3. The van der Waals surface area contributed by atoms with Crippen LogP contribution in [0.1, 0.15) is 38.0 Å². The second kappa shape index (κ2) is 6.66. The van der Waals surface area contributed by atoms with Crippen molar-refractivity contribution in [2.75, 3.05) is 4.90 Å². The van der Waals surface area contributed by atoms with Gasteiger partial charge in [0.05, 0.1) is 22.2 Å². The van der Waals surface area contributed by atoms with E-state index in [9.17, 15) is 18.8 Å². The molecular weight excluding hydrogens is 399 g/mol. The van der Waals surface area contributed by atoms with Crippen LogP contribution >= 0.6 is 0 Å². The summed E-state index contributed by atoms with van der Waals surface area (Å²) in [6, 6.07) is 12.0. The van der Waals surface area contributed by atoms with Crippen molar-refractivity contribution in [2.45, 2.75) is 6.92 Å². The van der Waals surface area contributed by atoms with Gasteiger partial charge in [-0.15, -0.1) is 0 Å². The number of nitrogens with zero attached hydrogens (tertiary/aromatic N) is 4. The number of halogens is 1. The first-order valence-corrected chi connectivity index (χ1v) is 9.48. The van der Waals surface area contributed by atoms with Crippen LogP contribution in [0, 0.1) is 5.82 Å². The molecule has 1 aliphatic rings. The van der Waals surface area contributed by atoms with E-state index in [1.165, 1.54) is 29.9 Å². The van der Waals surface area contributed by atoms with E-state index in [1.54, 1.807) is 43.4 Å². The third-order valence-corrected chi connectivity index (χ3v) is 5.35. The summed E-state index contributed by atoms with van der Waals surface area (Å²) in [6.07, 6.45) is 1.37. The van der Waals surface area contributed by atoms with E-state index in [0.717, 1.165) is 4.90 Å². The summed E-state index contributed by atoms with van der Waals surface area (Å²) in [5.41, 5.74) is 2.70. The van der Waals surface area contributed by atoms with Crippen molar-refractivity contribution in [1.82, 2.24) is 14.8 Å². The van der Waals surface area contributed by atoms with Crippen LogP contribution in [0.4, 0.5) is 10.1 Å². The lowest BCUT2D eigenvalue weighted by Gasteiger charge is -2.14. The maximum Gasteiger partial charge on any atom is 0.267 e. The van der Waals surface area contributed by atoms with E-state index in [4.69, 9.17) is 0 Å². The number of hydrogen-bond acceptors (Lipinski definition) is 5. The van der Waals surface area contributed by atoms with Crippen molar-refractivity contribution in [3.8, 4) is 11.3 Å². The van der Waals surface area contributed by atoms with Crippen LogP contribution in [0.15, 0.2) is 54.7 Å². The molecule has 8 heteroatoms. The molecule has 0 saturated carbocycles. The zero-order chi connectivity index (χ0) is 21.9. The first kappa shape index (κ1) is 18.8. The number of pyridine rings is 1. The van der Waals surface area contributed by atoms with E-state index in [-0.39, 0.29) is 16.9 Å². The Morgan fingerprint density at radius 3 is 2.29 bits per heavy atom. The summed E-state index contributed by atoms with van der Waals surface area (Å²) in [5, 5.41) is 4.91. The van der Waals surface area contributed by atoms with E-state index < -0.39 is 17.6 Å². The summed E-state index contributed by atoms with van der Waals surface area (Å²) in [6.45, 7) is 1.44. The number of benzene rings is 2. The van der Waals surface area contributed by atoms with Crippen molar-refractivity contribution >= 4 is 34.3 Å². The molecule has 0 unspecified atom stereocenters. The van der Waals surface area contributed by atoms with Gasteiger partial charge in [-0.1, -0.05) is 0 Å². The largest absolute Gasteiger partial charge is 0.295 e. The number of anilines is 1. The molecule has 152 valence electrons. The fraction of sp³-hybridized carbons (Fsp3) is 0.0870. The number of aryl methyl sites for hydroxylation is 1. The van der Waals surface area contributed by atoms with Gasteiger partial charge in [-0.2, -0.15) is 5.10 Å². The highest BCUT2D eigenvalue weighted by molar-refractivity contribution is 6.38.